The van der Waals surface area contributed by atoms with Crippen molar-refractivity contribution in [1.82, 2.24) is 0 Å². The van der Waals surface area contributed by atoms with Gasteiger partial charge < -0.3 is 10.2 Å². The van der Waals surface area contributed by atoms with Crippen molar-refractivity contribution in [3.63, 3.8) is 0 Å². The van der Waals surface area contributed by atoms with E-state index in [-0.39, 0.29) is 0 Å². The topological polar surface area (TPSA) is 82.2 Å². The highest BCUT2D eigenvalue weighted by Gasteiger charge is 2.35. The fraction of sp³-hybridized carbons (Fsp3) is 0.250. The smallest absolute Gasteiger partial charge is 0.384 e. The molecule has 48 valence electrons. The molecule has 1 rings (SSSR count). The third kappa shape index (κ3) is 0.812. The standard InChI is InChI=1S/C4H4N2O3/c7-3(8)4(9)5-1-2-6-4/h1-2,9H,(H,7,8). The Morgan fingerprint density at radius 1 is 1.44 bits per heavy atom. The van der Waals surface area contributed by atoms with Crippen molar-refractivity contribution in [3.05, 3.63) is 0 Å². The van der Waals surface area contributed by atoms with E-state index in [1.165, 1.54) is 0 Å². The summed E-state index contributed by atoms with van der Waals surface area (Å²) >= 11 is 0. The zero-order valence-corrected chi connectivity index (χ0v) is 4.35. The molecule has 0 aliphatic carbocycles. The Hall–Kier alpha value is -1.23. The first-order valence-electron chi connectivity index (χ1n) is 2.20. The van der Waals surface area contributed by atoms with E-state index >= 15 is 0 Å². The summed E-state index contributed by atoms with van der Waals surface area (Å²) < 4.78 is 0. The number of nitrogens with zero attached hydrogens (tertiary/aromatic N) is 2. The summed E-state index contributed by atoms with van der Waals surface area (Å²) in [5, 5.41) is 17.0. The first-order valence-corrected chi connectivity index (χ1v) is 2.20. The van der Waals surface area contributed by atoms with Gasteiger partial charge in [-0.2, -0.15) is 0 Å². The van der Waals surface area contributed by atoms with Gasteiger partial charge in [-0.25, -0.2) is 14.8 Å². The third-order valence-electron chi connectivity index (χ3n) is 0.863. The van der Waals surface area contributed by atoms with Gasteiger partial charge in [-0.05, 0) is 0 Å². The largest absolute Gasteiger partial charge is 0.476 e. The van der Waals surface area contributed by atoms with Crippen molar-refractivity contribution in [1.29, 1.82) is 0 Å². The molecule has 0 aromatic heterocycles. The third-order valence-corrected chi connectivity index (χ3v) is 0.863. The van der Waals surface area contributed by atoms with Crippen LogP contribution in [0.15, 0.2) is 9.98 Å². The summed E-state index contributed by atoms with van der Waals surface area (Å²) in [6, 6.07) is 0. The van der Waals surface area contributed by atoms with E-state index in [2.05, 4.69) is 9.98 Å². The van der Waals surface area contributed by atoms with Gasteiger partial charge >= 0.3 is 11.8 Å². The van der Waals surface area contributed by atoms with Crippen LogP contribution in [0.25, 0.3) is 0 Å². The van der Waals surface area contributed by atoms with E-state index in [1.54, 1.807) is 0 Å². The molecular weight excluding hydrogens is 124 g/mol. The summed E-state index contributed by atoms with van der Waals surface area (Å²) in [5.74, 6) is -3.72. The fourth-order valence-corrected chi connectivity index (χ4v) is 0.418. The molecule has 0 aromatic carbocycles. The normalized spacial score (nSPS) is 20.6. The second-order valence-electron chi connectivity index (χ2n) is 1.50. The molecule has 0 fully saturated rings. The van der Waals surface area contributed by atoms with Crippen LogP contribution >= 0.6 is 0 Å². The van der Waals surface area contributed by atoms with Crippen LogP contribution in [-0.2, 0) is 4.79 Å². The van der Waals surface area contributed by atoms with Crippen molar-refractivity contribution >= 4 is 18.4 Å². The molecule has 1 heterocycles. The molecule has 0 unspecified atom stereocenters. The van der Waals surface area contributed by atoms with Gasteiger partial charge in [0.25, 0.3) is 0 Å². The lowest BCUT2D eigenvalue weighted by Gasteiger charge is -2.06. The summed E-state index contributed by atoms with van der Waals surface area (Å²) in [5.41, 5.74) is 0. The number of aliphatic hydroxyl groups is 1. The second-order valence-corrected chi connectivity index (χ2v) is 1.50. The summed E-state index contributed by atoms with van der Waals surface area (Å²) in [6.45, 7) is 0. The molecule has 0 spiro atoms. The Morgan fingerprint density at radius 3 is 2.11 bits per heavy atom. The molecule has 0 radical (unpaired) electrons. The van der Waals surface area contributed by atoms with E-state index in [1.807, 2.05) is 0 Å². The number of rotatable bonds is 1. The molecule has 0 bridgehead atoms. The predicted octanol–water partition coefficient (Wildman–Crippen LogP) is -1.13. The average molecular weight is 128 g/mol. The van der Waals surface area contributed by atoms with Gasteiger partial charge in [-0.15, -0.1) is 0 Å². The van der Waals surface area contributed by atoms with Gasteiger partial charge in [-0.1, -0.05) is 0 Å². The molecule has 0 saturated heterocycles. The van der Waals surface area contributed by atoms with Crippen molar-refractivity contribution in [2.75, 3.05) is 0 Å². The van der Waals surface area contributed by atoms with Crippen LogP contribution in [0.2, 0.25) is 0 Å². The minimum atomic E-state index is -2.25. The molecule has 0 aromatic rings. The molecule has 2 N–H and O–H groups in total. The van der Waals surface area contributed by atoms with E-state index in [9.17, 15) is 4.79 Å². The molecule has 0 saturated carbocycles. The minimum absolute atomic E-state index is 1.13. The Balaban J connectivity index is 2.88. The highest BCUT2D eigenvalue weighted by Crippen LogP contribution is 2.09. The minimum Gasteiger partial charge on any atom is -0.476 e. The monoisotopic (exact) mass is 128 g/mol. The molecule has 5 heteroatoms. The van der Waals surface area contributed by atoms with Crippen LogP contribution in [-0.4, -0.2) is 34.5 Å². The first-order chi connectivity index (χ1) is 4.15. The number of carboxylic acids is 1. The summed E-state index contributed by atoms with van der Waals surface area (Å²) in [7, 11) is 0. The molecule has 9 heavy (non-hydrogen) atoms. The summed E-state index contributed by atoms with van der Waals surface area (Å²) in [6.07, 6.45) is 2.27. The van der Waals surface area contributed by atoms with Crippen LogP contribution in [0.4, 0.5) is 0 Å². The number of hydrogen-bond donors (Lipinski definition) is 2. The SMILES string of the molecule is O=C(O)C1(O)N=CC=N1. The zero-order chi connectivity index (χ0) is 6.91. The van der Waals surface area contributed by atoms with Gasteiger partial charge in [0.15, 0.2) is 0 Å². The maximum Gasteiger partial charge on any atom is 0.384 e. The number of hydrogen-bond acceptors (Lipinski definition) is 4. The second kappa shape index (κ2) is 1.63. The predicted molar refractivity (Wildman–Crippen MR) is 29.6 cm³/mol. The highest BCUT2D eigenvalue weighted by molar-refractivity contribution is 6.19. The quantitative estimate of drug-likeness (QED) is 0.468. The van der Waals surface area contributed by atoms with Crippen molar-refractivity contribution in [2.45, 2.75) is 5.85 Å². The lowest BCUT2D eigenvalue weighted by atomic mass is 10.5. The van der Waals surface area contributed by atoms with Gasteiger partial charge in [0.1, 0.15) is 0 Å². The van der Waals surface area contributed by atoms with Crippen LogP contribution in [0, 0.1) is 0 Å². The Morgan fingerprint density at radius 2 is 1.89 bits per heavy atom. The van der Waals surface area contributed by atoms with Gasteiger partial charge in [0.05, 0.1) is 0 Å². The van der Waals surface area contributed by atoms with Crippen LogP contribution < -0.4 is 0 Å². The number of carboxylic acid groups (broad SMARTS) is 1. The zero-order valence-electron chi connectivity index (χ0n) is 4.35. The highest BCUT2D eigenvalue weighted by atomic mass is 16.4. The van der Waals surface area contributed by atoms with Gasteiger partial charge in [0, 0.05) is 12.4 Å². The lowest BCUT2D eigenvalue weighted by molar-refractivity contribution is -0.156. The first kappa shape index (κ1) is 5.90. The fourth-order valence-electron chi connectivity index (χ4n) is 0.418. The number of aliphatic carboxylic acids is 1. The Labute approximate surface area is 50.4 Å². The van der Waals surface area contributed by atoms with Crippen LogP contribution in [0.3, 0.4) is 0 Å². The van der Waals surface area contributed by atoms with E-state index in [4.69, 9.17) is 10.2 Å². The molecule has 1 aliphatic rings. The number of aliphatic imine (C=N–C) groups is 2. The lowest BCUT2D eigenvalue weighted by Crippen LogP contribution is -2.31. The van der Waals surface area contributed by atoms with E-state index < -0.39 is 11.8 Å². The van der Waals surface area contributed by atoms with Crippen LogP contribution in [0.5, 0.6) is 0 Å². The van der Waals surface area contributed by atoms with Gasteiger partial charge in [0.2, 0.25) is 0 Å². The van der Waals surface area contributed by atoms with Gasteiger partial charge in [-0.3, -0.25) is 0 Å². The molecule has 1 aliphatic heterocycles. The average Bonchev–Trinajstić information content (AvgIpc) is 2.16. The molecule has 5 nitrogen and oxygen atoms in total. The molecule has 0 atom stereocenters. The van der Waals surface area contributed by atoms with Crippen molar-refractivity contribution in [2.24, 2.45) is 9.98 Å². The van der Waals surface area contributed by atoms with E-state index in [0.717, 1.165) is 12.4 Å². The maximum atomic E-state index is 10.0. The molecular formula is C4H4N2O3. The molecule has 0 amide bonds. The van der Waals surface area contributed by atoms with Crippen molar-refractivity contribution < 1.29 is 15.0 Å². The van der Waals surface area contributed by atoms with Crippen LogP contribution in [0.1, 0.15) is 0 Å². The Bertz CT molecular complexity index is 184. The summed E-state index contributed by atoms with van der Waals surface area (Å²) in [4.78, 5) is 16.4. The van der Waals surface area contributed by atoms with Crippen molar-refractivity contribution in [3.8, 4) is 0 Å². The maximum absolute atomic E-state index is 10.0. The number of carbonyl (C=O) groups is 1. The van der Waals surface area contributed by atoms with E-state index in [0.29, 0.717) is 0 Å². The Kier molecular flexibility index (Phi) is 1.07.